The lowest BCUT2D eigenvalue weighted by molar-refractivity contribution is -0.382. The minimum absolute atomic E-state index is 0.191. The van der Waals surface area contributed by atoms with E-state index in [1.165, 1.54) is 7.11 Å². The summed E-state index contributed by atoms with van der Waals surface area (Å²) in [5.41, 5.74) is 5.54. The van der Waals surface area contributed by atoms with E-state index in [1.807, 2.05) is 0 Å². The molecule has 0 aliphatic rings. The van der Waals surface area contributed by atoms with Gasteiger partial charge in [0.25, 0.3) is 5.88 Å². The molecule has 78 valence electrons. The van der Waals surface area contributed by atoms with Crippen molar-refractivity contribution in [3.05, 3.63) is 28.3 Å². The van der Waals surface area contributed by atoms with Crippen LogP contribution in [0.25, 0.3) is 11.0 Å². The van der Waals surface area contributed by atoms with Crippen LogP contribution in [-0.2, 0) is 0 Å². The zero-order valence-electron chi connectivity index (χ0n) is 7.89. The molecule has 0 spiro atoms. The molecule has 0 radical (unpaired) electrons. The Morgan fingerprint density at radius 2 is 2.27 bits per heavy atom. The SMILES string of the molecule is COc1ccc2c([N+](=O)[O-])c(N)oc2c1. The Kier molecular flexibility index (Phi) is 1.96. The van der Waals surface area contributed by atoms with Gasteiger partial charge in [0, 0.05) is 6.07 Å². The van der Waals surface area contributed by atoms with E-state index >= 15 is 0 Å². The molecule has 1 aromatic carbocycles. The Bertz CT molecular complexity index is 532. The van der Waals surface area contributed by atoms with Crippen LogP contribution in [0.3, 0.4) is 0 Å². The maximum Gasteiger partial charge on any atom is 0.339 e. The molecule has 15 heavy (non-hydrogen) atoms. The Labute approximate surface area is 84.4 Å². The van der Waals surface area contributed by atoms with Crippen LogP contribution in [-0.4, -0.2) is 12.0 Å². The third-order valence-corrected chi connectivity index (χ3v) is 2.08. The molecule has 1 heterocycles. The number of ether oxygens (including phenoxy) is 1. The molecule has 0 aliphatic carbocycles. The van der Waals surface area contributed by atoms with Crippen LogP contribution >= 0.6 is 0 Å². The van der Waals surface area contributed by atoms with Gasteiger partial charge in [-0.25, -0.2) is 0 Å². The van der Waals surface area contributed by atoms with Gasteiger partial charge in [-0.1, -0.05) is 0 Å². The highest BCUT2D eigenvalue weighted by molar-refractivity contribution is 5.93. The summed E-state index contributed by atoms with van der Waals surface area (Å²) in [6.07, 6.45) is 0. The number of nitrogen functional groups attached to an aromatic ring is 1. The summed E-state index contributed by atoms with van der Waals surface area (Å²) >= 11 is 0. The Hall–Kier alpha value is -2.24. The molecule has 0 amide bonds. The van der Waals surface area contributed by atoms with Crippen LogP contribution in [0, 0.1) is 10.1 Å². The van der Waals surface area contributed by atoms with Gasteiger partial charge < -0.3 is 14.9 Å². The molecule has 0 atom stereocenters. The highest BCUT2D eigenvalue weighted by Crippen LogP contribution is 2.36. The summed E-state index contributed by atoms with van der Waals surface area (Å²) in [5.74, 6) is 0.370. The van der Waals surface area contributed by atoms with Gasteiger partial charge in [0.05, 0.1) is 12.0 Å². The van der Waals surface area contributed by atoms with Gasteiger partial charge in [-0.05, 0) is 12.1 Å². The zero-order valence-corrected chi connectivity index (χ0v) is 7.89. The molecule has 0 saturated carbocycles. The van der Waals surface area contributed by atoms with Crippen molar-refractivity contribution < 1.29 is 14.1 Å². The normalized spacial score (nSPS) is 10.5. The maximum absolute atomic E-state index is 10.7. The van der Waals surface area contributed by atoms with Crippen molar-refractivity contribution in [2.75, 3.05) is 12.8 Å². The monoisotopic (exact) mass is 208 g/mol. The topological polar surface area (TPSA) is 91.5 Å². The Morgan fingerprint density at radius 3 is 2.87 bits per heavy atom. The van der Waals surface area contributed by atoms with E-state index in [2.05, 4.69) is 0 Å². The fourth-order valence-electron chi connectivity index (χ4n) is 1.40. The summed E-state index contributed by atoms with van der Waals surface area (Å²) in [4.78, 5) is 10.1. The molecule has 0 aliphatic heterocycles. The molecule has 0 saturated heterocycles. The second kappa shape index (κ2) is 3.16. The Morgan fingerprint density at radius 1 is 1.53 bits per heavy atom. The van der Waals surface area contributed by atoms with Gasteiger partial charge in [-0.2, -0.15) is 0 Å². The van der Waals surface area contributed by atoms with Gasteiger partial charge in [0.1, 0.15) is 16.7 Å². The number of furan rings is 1. The lowest BCUT2D eigenvalue weighted by Crippen LogP contribution is -1.91. The van der Waals surface area contributed by atoms with Crippen molar-refractivity contribution in [1.82, 2.24) is 0 Å². The van der Waals surface area contributed by atoms with E-state index in [1.54, 1.807) is 18.2 Å². The second-order valence-corrected chi connectivity index (χ2v) is 2.93. The highest BCUT2D eigenvalue weighted by atomic mass is 16.6. The van der Waals surface area contributed by atoms with Crippen LogP contribution < -0.4 is 10.5 Å². The number of benzene rings is 1. The lowest BCUT2D eigenvalue weighted by Gasteiger charge is -1.96. The largest absolute Gasteiger partial charge is 0.497 e. The van der Waals surface area contributed by atoms with Gasteiger partial charge in [0.2, 0.25) is 0 Å². The van der Waals surface area contributed by atoms with Crippen LogP contribution in [0.15, 0.2) is 22.6 Å². The number of nitro groups is 1. The van der Waals surface area contributed by atoms with Gasteiger partial charge in [-0.15, -0.1) is 0 Å². The standard InChI is InChI=1S/C9H8N2O4/c1-14-5-2-3-6-7(4-5)15-9(10)8(6)11(12)13/h2-4H,10H2,1H3. The number of hydrogen-bond acceptors (Lipinski definition) is 5. The predicted octanol–water partition coefficient (Wildman–Crippen LogP) is 1.93. The van der Waals surface area contributed by atoms with Gasteiger partial charge in [0.15, 0.2) is 0 Å². The maximum atomic E-state index is 10.7. The smallest absolute Gasteiger partial charge is 0.339 e. The number of fused-ring (bicyclic) bond motifs is 1. The fraction of sp³-hybridized carbons (Fsp3) is 0.111. The van der Waals surface area contributed by atoms with Crippen LogP contribution in [0.5, 0.6) is 5.75 Å². The van der Waals surface area contributed by atoms with E-state index < -0.39 is 4.92 Å². The van der Waals surface area contributed by atoms with E-state index in [-0.39, 0.29) is 11.6 Å². The molecule has 2 rings (SSSR count). The highest BCUT2D eigenvalue weighted by Gasteiger charge is 2.22. The van der Waals surface area contributed by atoms with Crippen molar-refractivity contribution >= 4 is 22.5 Å². The van der Waals surface area contributed by atoms with E-state index in [4.69, 9.17) is 14.9 Å². The van der Waals surface area contributed by atoms with Crippen LogP contribution in [0.2, 0.25) is 0 Å². The summed E-state index contributed by atoms with van der Waals surface area (Å²) in [6.45, 7) is 0. The average molecular weight is 208 g/mol. The second-order valence-electron chi connectivity index (χ2n) is 2.93. The summed E-state index contributed by atoms with van der Waals surface area (Å²) in [6, 6.07) is 4.72. The number of nitrogens with zero attached hydrogens (tertiary/aromatic N) is 1. The molecule has 0 fully saturated rings. The molecule has 6 nitrogen and oxygen atoms in total. The first kappa shape index (κ1) is 9.32. The first-order chi connectivity index (χ1) is 7.13. The quantitative estimate of drug-likeness (QED) is 0.601. The molecule has 6 heteroatoms. The lowest BCUT2D eigenvalue weighted by atomic mass is 10.2. The zero-order chi connectivity index (χ0) is 11.0. The molecular formula is C9H8N2O4. The van der Waals surface area contributed by atoms with Crippen molar-refractivity contribution in [3.8, 4) is 5.75 Å². The molecule has 2 aromatic rings. The predicted molar refractivity (Wildman–Crippen MR) is 53.8 cm³/mol. The molecular weight excluding hydrogens is 200 g/mol. The third-order valence-electron chi connectivity index (χ3n) is 2.08. The third kappa shape index (κ3) is 1.35. The van der Waals surface area contributed by atoms with Crippen molar-refractivity contribution in [1.29, 1.82) is 0 Å². The first-order valence-electron chi connectivity index (χ1n) is 4.14. The number of methoxy groups -OCH3 is 1. The summed E-state index contributed by atoms with van der Waals surface area (Å²) in [7, 11) is 1.50. The summed E-state index contributed by atoms with van der Waals surface area (Å²) < 4.78 is 10.0. The average Bonchev–Trinajstić information content (AvgIpc) is 2.52. The molecule has 2 N–H and O–H groups in total. The number of anilines is 1. The fourth-order valence-corrected chi connectivity index (χ4v) is 1.40. The first-order valence-corrected chi connectivity index (χ1v) is 4.14. The van der Waals surface area contributed by atoms with E-state index in [0.29, 0.717) is 16.7 Å². The number of hydrogen-bond donors (Lipinski definition) is 1. The van der Waals surface area contributed by atoms with Gasteiger partial charge in [-0.3, -0.25) is 10.1 Å². The molecule has 0 unspecified atom stereocenters. The van der Waals surface area contributed by atoms with Crippen molar-refractivity contribution in [2.24, 2.45) is 0 Å². The molecule has 1 aromatic heterocycles. The minimum Gasteiger partial charge on any atom is -0.497 e. The van der Waals surface area contributed by atoms with E-state index in [9.17, 15) is 10.1 Å². The minimum atomic E-state index is -0.562. The van der Waals surface area contributed by atoms with Gasteiger partial charge >= 0.3 is 5.69 Å². The van der Waals surface area contributed by atoms with Crippen LogP contribution in [0.1, 0.15) is 0 Å². The molecule has 0 bridgehead atoms. The van der Waals surface area contributed by atoms with Crippen LogP contribution in [0.4, 0.5) is 11.6 Å². The van der Waals surface area contributed by atoms with Crippen molar-refractivity contribution in [2.45, 2.75) is 0 Å². The number of nitrogens with two attached hydrogens (primary N) is 1. The van der Waals surface area contributed by atoms with Crippen molar-refractivity contribution in [3.63, 3.8) is 0 Å². The van der Waals surface area contributed by atoms with E-state index in [0.717, 1.165) is 0 Å². The number of rotatable bonds is 2. The Balaban J connectivity index is 2.74. The summed E-state index contributed by atoms with van der Waals surface area (Å²) in [5, 5.41) is 11.1.